The minimum atomic E-state index is -3.77. The van der Waals surface area contributed by atoms with Crippen LogP contribution >= 0.6 is 0 Å². The Kier molecular flexibility index (Phi) is 5.36. The zero-order chi connectivity index (χ0) is 20.4. The van der Waals surface area contributed by atoms with E-state index in [2.05, 4.69) is 4.98 Å². The van der Waals surface area contributed by atoms with E-state index in [4.69, 9.17) is 4.74 Å². The number of methoxy groups -OCH3 is 1. The molecule has 0 amide bonds. The molecule has 29 heavy (non-hydrogen) atoms. The monoisotopic (exact) mass is 410 g/mol. The molecular weight excluding hydrogens is 388 g/mol. The molecule has 0 radical (unpaired) electrons. The molecule has 0 bridgehead atoms. The molecule has 2 atom stereocenters. The Bertz CT molecular complexity index is 1090. The van der Waals surface area contributed by atoms with Gasteiger partial charge >= 0.3 is 0 Å². The standard InChI is InChI=1S/C22H22N2O4S/c1-28-18-8-6-16(7-9-18)14-20-22(25)19-4-2-3-5-21(19)29(26,27)24(20)15-17-10-12-23-13-11-17/h2-13,20,22,25H,14-15H2,1H3/t20-,22+/m0/s1. The smallest absolute Gasteiger partial charge is 0.244 e. The van der Waals surface area contributed by atoms with Crippen molar-refractivity contribution in [1.29, 1.82) is 0 Å². The van der Waals surface area contributed by atoms with Crippen LogP contribution < -0.4 is 4.74 Å². The van der Waals surface area contributed by atoms with Gasteiger partial charge in [-0.25, -0.2) is 8.42 Å². The summed E-state index contributed by atoms with van der Waals surface area (Å²) in [4.78, 5) is 4.16. The van der Waals surface area contributed by atoms with Crippen LogP contribution in [0.15, 0.2) is 78.0 Å². The highest BCUT2D eigenvalue weighted by Crippen LogP contribution is 2.39. The molecule has 3 aromatic rings. The molecule has 7 heteroatoms. The van der Waals surface area contributed by atoms with Crippen LogP contribution in [0.25, 0.3) is 0 Å². The number of nitrogens with zero attached hydrogens (tertiary/aromatic N) is 2. The number of pyridine rings is 1. The fraction of sp³-hybridized carbons (Fsp3) is 0.227. The topological polar surface area (TPSA) is 79.7 Å². The average Bonchev–Trinajstić information content (AvgIpc) is 2.76. The number of hydrogen-bond acceptors (Lipinski definition) is 5. The molecular formula is C22H22N2O4S. The van der Waals surface area contributed by atoms with Gasteiger partial charge in [0.05, 0.1) is 24.2 Å². The van der Waals surface area contributed by atoms with Crippen LogP contribution in [0.5, 0.6) is 5.75 Å². The van der Waals surface area contributed by atoms with Gasteiger partial charge in [0.2, 0.25) is 10.0 Å². The fourth-order valence-electron chi connectivity index (χ4n) is 3.72. The maximum Gasteiger partial charge on any atom is 0.244 e. The number of hydrogen-bond donors (Lipinski definition) is 1. The zero-order valence-corrected chi connectivity index (χ0v) is 16.8. The molecule has 0 unspecified atom stereocenters. The summed E-state index contributed by atoms with van der Waals surface area (Å²) < 4.78 is 33.5. The summed E-state index contributed by atoms with van der Waals surface area (Å²) in [5.41, 5.74) is 2.18. The largest absolute Gasteiger partial charge is 0.497 e. The average molecular weight is 410 g/mol. The lowest BCUT2D eigenvalue weighted by molar-refractivity contribution is 0.0769. The van der Waals surface area contributed by atoms with E-state index < -0.39 is 22.2 Å². The molecule has 0 aliphatic carbocycles. The third-order valence-corrected chi connectivity index (χ3v) is 7.20. The lowest BCUT2D eigenvalue weighted by Crippen LogP contribution is -2.48. The third-order valence-electron chi connectivity index (χ3n) is 5.25. The Labute approximate surface area is 170 Å². The molecule has 6 nitrogen and oxygen atoms in total. The van der Waals surface area contributed by atoms with Gasteiger partial charge in [-0.15, -0.1) is 0 Å². The molecule has 2 heterocycles. The number of sulfonamides is 1. The van der Waals surface area contributed by atoms with Gasteiger partial charge in [0.25, 0.3) is 0 Å². The van der Waals surface area contributed by atoms with E-state index in [9.17, 15) is 13.5 Å². The second-order valence-electron chi connectivity index (χ2n) is 7.01. The van der Waals surface area contributed by atoms with E-state index in [1.165, 1.54) is 4.31 Å². The predicted octanol–water partition coefficient (Wildman–Crippen LogP) is 2.94. The summed E-state index contributed by atoms with van der Waals surface area (Å²) >= 11 is 0. The highest BCUT2D eigenvalue weighted by molar-refractivity contribution is 7.89. The van der Waals surface area contributed by atoms with E-state index in [-0.39, 0.29) is 11.4 Å². The van der Waals surface area contributed by atoms with Gasteiger partial charge in [-0.2, -0.15) is 4.31 Å². The predicted molar refractivity (Wildman–Crippen MR) is 109 cm³/mol. The Morgan fingerprint density at radius 3 is 2.38 bits per heavy atom. The van der Waals surface area contributed by atoms with Crippen molar-refractivity contribution in [2.24, 2.45) is 0 Å². The number of benzene rings is 2. The van der Waals surface area contributed by atoms with Crippen molar-refractivity contribution in [2.45, 2.75) is 30.0 Å². The lowest BCUT2D eigenvalue weighted by Gasteiger charge is -2.39. The number of fused-ring (bicyclic) bond motifs is 1. The summed E-state index contributed by atoms with van der Waals surface area (Å²) in [5.74, 6) is 0.726. The van der Waals surface area contributed by atoms with E-state index in [1.807, 2.05) is 24.3 Å². The number of rotatable bonds is 5. The number of aliphatic hydroxyl groups excluding tert-OH is 1. The quantitative estimate of drug-likeness (QED) is 0.700. The zero-order valence-electron chi connectivity index (χ0n) is 16.0. The van der Waals surface area contributed by atoms with E-state index in [1.54, 1.807) is 55.9 Å². The van der Waals surface area contributed by atoms with Crippen LogP contribution in [0, 0.1) is 0 Å². The molecule has 150 valence electrons. The minimum Gasteiger partial charge on any atom is -0.497 e. The first-order valence-electron chi connectivity index (χ1n) is 9.31. The van der Waals surface area contributed by atoms with Crippen molar-refractivity contribution in [3.63, 3.8) is 0 Å². The second-order valence-corrected chi connectivity index (χ2v) is 8.87. The minimum absolute atomic E-state index is 0.160. The number of ether oxygens (including phenoxy) is 1. The van der Waals surface area contributed by atoms with E-state index >= 15 is 0 Å². The summed E-state index contributed by atoms with van der Waals surface area (Å²) in [5, 5.41) is 11.1. The van der Waals surface area contributed by atoms with Gasteiger partial charge in [-0.3, -0.25) is 4.98 Å². The second kappa shape index (κ2) is 7.94. The first-order chi connectivity index (χ1) is 14.0. The van der Waals surface area contributed by atoms with Gasteiger partial charge < -0.3 is 9.84 Å². The van der Waals surface area contributed by atoms with Gasteiger partial charge in [0, 0.05) is 24.5 Å². The van der Waals surface area contributed by atoms with Crippen molar-refractivity contribution in [1.82, 2.24) is 9.29 Å². The SMILES string of the molecule is COc1ccc(C[C@H]2[C@H](O)c3ccccc3S(=O)(=O)N2Cc2ccncc2)cc1. The van der Waals surface area contributed by atoms with Crippen molar-refractivity contribution >= 4 is 10.0 Å². The maximum absolute atomic E-state index is 13.4. The molecule has 4 rings (SSSR count). The van der Waals surface area contributed by atoms with Crippen LogP contribution in [-0.4, -0.2) is 36.0 Å². The Morgan fingerprint density at radius 2 is 1.69 bits per heavy atom. The molecule has 0 fully saturated rings. The van der Waals surface area contributed by atoms with Crippen molar-refractivity contribution in [3.8, 4) is 5.75 Å². The normalized spacial score (nSPS) is 20.8. The molecule has 2 aromatic carbocycles. The van der Waals surface area contributed by atoms with Crippen LogP contribution in [0.2, 0.25) is 0 Å². The third kappa shape index (κ3) is 3.76. The van der Waals surface area contributed by atoms with Crippen LogP contribution in [0.1, 0.15) is 22.8 Å². The van der Waals surface area contributed by atoms with Crippen LogP contribution in [0.3, 0.4) is 0 Å². The Hall–Kier alpha value is -2.74. The van der Waals surface area contributed by atoms with Crippen LogP contribution in [-0.2, 0) is 23.0 Å². The maximum atomic E-state index is 13.4. The van der Waals surface area contributed by atoms with Gasteiger partial charge in [-0.05, 0) is 47.9 Å². The van der Waals surface area contributed by atoms with E-state index in [0.29, 0.717) is 12.0 Å². The fourth-order valence-corrected chi connectivity index (χ4v) is 5.57. The Balaban J connectivity index is 1.76. The highest BCUT2D eigenvalue weighted by atomic mass is 32.2. The molecule has 1 aromatic heterocycles. The van der Waals surface area contributed by atoms with Gasteiger partial charge in [0.1, 0.15) is 5.75 Å². The molecule has 0 saturated heterocycles. The molecule has 0 spiro atoms. The summed E-state index contributed by atoms with van der Waals surface area (Å²) in [6, 6.07) is 17.1. The first-order valence-corrected chi connectivity index (χ1v) is 10.8. The molecule has 1 N–H and O–H groups in total. The number of aromatic nitrogens is 1. The van der Waals surface area contributed by atoms with Gasteiger partial charge in [0.15, 0.2) is 0 Å². The highest BCUT2D eigenvalue weighted by Gasteiger charge is 2.43. The lowest BCUT2D eigenvalue weighted by atomic mass is 9.95. The molecule has 0 saturated carbocycles. The Morgan fingerprint density at radius 1 is 1.00 bits per heavy atom. The molecule has 1 aliphatic rings. The van der Waals surface area contributed by atoms with Crippen molar-refractivity contribution in [2.75, 3.05) is 7.11 Å². The molecule has 1 aliphatic heterocycles. The first kappa shape index (κ1) is 19.6. The van der Waals surface area contributed by atoms with E-state index in [0.717, 1.165) is 16.9 Å². The number of aliphatic hydroxyl groups is 1. The van der Waals surface area contributed by atoms with Crippen molar-refractivity contribution in [3.05, 3.63) is 89.7 Å². The van der Waals surface area contributed by atoms with Gasteiger partial charge in [-0.1, -0.05) is 30.3 Å². The summed E-state index contributed by atoms with van der Waals surface area (Å²) in [6.45, 7) is 0.164. The summed E-state index contributed by atoms with van der Waals surface area (Å²) in [7, 11) is -2.17. The summed E-state index contributed by atoms with van der Waals surface area (Å²) in [6.07, 6.45) is 2.71. The van der Waals surface area contributed by atoms with Crippen LogP contribution in [0.4, 0.5) is 0 Å². The van der Waals surface area contributed by atoms with Crippen molar-refractivity contribution < 1.29 is 18.3 Å².